The lowest BCUT2D eigenvalue weighted by Gasteiger charge is -2.25. The minimum absolute atomic E-state index is 0.0563. The highest BCUT2D eigenvalue weighted by Crippen LogP contribution is 2.41. The molecule has 1 fully saturated rings. The molecule has 1 aliphatic heterocycles. The highest BCUT2D eigenvalue weighted by Gasteiger charge is 2.46. The van der Waals surface area contributed by atoms with E-state index in [0.29, 0.717) is 23.5 Å². The first-order chi connectivity index (χ1) is 15.3. The van der Waals surface area contributed by atoms with Gasteiger partial charge in [-0.2, -0.15) is 0 Å². The molecule has 2 aromatic rings. The molecule has 8 heteroatoms. The summed E-state index contributed by atoms with van der Waals surface area (Å²) in [6, 6.07) is 8.76. The maximum Gasteiger partial charge on any atom is 0.295 e. The van der Waals surface area contributed by atoms with Crippen molar-refractivity contribution in [1.29, 1.82) is 0 Å². The van der Waals surface area contributed by atoms with E-state index in [2.05, 4.69) is 0 Å². The van der Waals surface area contributed by atoms with E-state index in [1.807, 2.05) is 13.8 Å². The molecule has 8 nitrogen and oxygen atoms in total. The molecule has 2 aromatic carbocycles. The number of aliphatic hydroxyl groups excluding tert-OH is 1. The molecule has 0 radical (unpaired) electrons. The fourth-order valence-corrected chi connectivity index (χ4v) is 3.79. The molecule has 1 aliphatic rings. The number of hydrogen-bond acceptors (Lipinski definition) is 7. The lowest BCUT2D eigenvalue weighted by Crippen LogP contribution is -2.32. The van der Waals surface area contributed by atoms with Crippen molar-refractivity contribution in [2.45, 2.75) is 19.9 Å². The molecule has 1 heterocycles. The number of nitrogens with zero attached hydrogens (tertiary/aromatic N) is 1. The zero-order chi connectivity index (χ0) is 23.4. The zero-order valence-electron chi connectivity index (χ0n) is 18.5. The van der Waals surface area contributed by atoms with Gasteiger partial charge in [-0.15, -0.1) is 0 Å². The second-order valence-electron chi connectivity index (χ2n) is 7.33. The van der Waals surface area contributed by atoms with E-state index in [1.54, 1.807) is 30.3 Å². The lowest BCUT2D eigenvalue weighted by molar-refractivity contribution is -0.140. The summed E-state index contributed by atoms with van der Waals surface area (Å²) in [5, 5.41) is 21.4. The van der Waals surface area contributed by atoms with E-state index < -0.39 is 17.7 Å². The van der Waals surface area contributed by atoms with E-state index in [1.165, 1.54) is 25.2 Å². The summed E-state index contributed by atoms with van der Waals surface area (Å²) < 4.78 is 15.7. The molecule has 0 bridgehead atoms. The highest BCUT2D eigenvalue weighted by molar-refractivity contribution is 6.46. The van der Waals surface area contributed by atoms with E-state index in [4.69, 9.17) is 14.2 Å². The number of carbonyl (C=O) groups excluding carboxylic acids is 2. The number of aromatic hydroxyl groups is 1. The summed E-state index contributed by atoms with van der Waals surface area (Å²) in [6.07, 6.45) is 0. The number of ether oxygens (including phenoxy) is 3. The van der Waals surface area contributed by atoms with Gasteiger partial charge in [0, 0.05) is 19.2 Å². The molecule has 1 saturated heterocycles. The second-order valence-corrected chi connectivity index (χ2v) is 7.33. The number of phenolic OH excluding ortho intramolecular Hbond substituents is 1. The number of aliphatic hydroxyl groups is 1. The maximum atomic E-state index is 13.0. The third kappa shape index (κ3) is 4.27. The molecule has 0 aromatic heterocycles. The predicted octanol–water partition coefficient (Wildman–Crippen LogP) is 3.18. The summed E-state index contributed by atoms with van der Waals surface area (Å²) in [4.78, 5) is 27.1. The standard InChI is InChI=1S/C24H27NO7/c1-5-32-18-8-7-16(12-14(18)2)22(27)20-21(15-6-9-19(31-4)17(26)13-15)25(10-11-30-3)24(29)23(20)28/h6-9,12-13,21,26-27H,5,10-11H2,1-4H3/b22-20-. The first kappa shape index (κ1) is 23.1. The van der Waals surface area contributed by atoms with Crippen molar-refractivity contribution >= 4 is 17.4 Å². The van der Waals surface area contributed by atoms with Gasteiger partial charge in [0.2, 0.25) is 0 Å². The van der Waals surface area contributed by atoms with E-state index >= 15 is 0 Å². The highest BCUT2D eigenvalue weighted by atomic mass is 16.5. The molecule has 2 N–H and O–H groups in total. The fraction of sp³-hybridized carbons (Fsp3) is 0.333. The Morgan fingerprint density at radius 2 is 1.81 bits per heavy atom. The number of ketones is 1. The van der Waals surface area contributed by atoms with Crippen molar-refractivity contribution < 1.29 is 34.0 Å². The van der Waals surface area contributed by atoms with Crippen LogP contribution in [0.25, 0.3) is 5.76 Å². The van der Waals surface area contributed by atoms with Gasteiger partial charge < -0.3 is 29.3 Å². The third-order valence-corrected chi connectivity index (χ3v) is 5.34. The molecular formula is C24H27NO7. The van der Waals surface area contributed by atoms with Gasteiger partial charge in [-0.05, 0) is 55.3 Å². The molecule has 1 unspecified atom stereocenters. The quantitative estimate of drug-likeness (QED) is 0.368. The van der Waals surface area contributed by atoms with Gasteiger partial charge >= 0.3 is 0 Å². The topological polar surface area (TPSA) is 106 Å². The number of Topliss-reactive ketones (excluding diaryl/α,β-unsaturated/α-hetero) is 1. The van der Waals surface area contributed by atoms with Gasteiger partial charge in [-0.1, -0.05) is 6.07 Å². The van der Waals surface area contributed by atoms with E-state index in [9.17, 15) is 19.8 Å². The van der Waals surface area contributed by atoms with Crippen LogP contribution in [0.15, 0.2) is 42.0 Å². The van der Waals surface area contributed by atoms with Crippen LogP contribution in [0, 0.1) is 6.92 Å². The van der Waals surface area contributed by atoms with Gasteiger partial charge in [-0.25, -0.2) is 0 Å². The first-order valence-corrected chi connectivity index (χ1v) is 10.2. The summed E-state index contributed by atoms with van der Waals surface area (Å²) in [6.45, 7) is 4.54. The first-order valence-electron chi connectivity index (χ1n) is 10.2. The Hall–Kier alpha value is -3.52. The van der Waals surface area contributed by atoms with E-state index in [-0.39, 0.29) is 36.0 Å². The Labute approximate surface area is 186 Å². The number of aryl methyl sites for hydroxylation is 1. The lowest BCUT2D eigenvalue weighted by atomic mass is 9.94. The molecule has 0 saturated carbocycles. The van der Waals surface area contributed by atoms with Crippen LogP contribution in [-0.4, -0.2) is 60.8 Å². The van der Waals surface area contributed by atoms with Crippen molar-refractivity contribution in [3.05, 3.63) is 58.7 Å². The van der Waals surface area contributed by atoms with Gasteiger partial charge in [0.05, 0.1) is 31.9 Å². The number of rotatable bonds is 8. The number of hydrogen-bond donors (Lipinski definition) is 2. The van der Waals surface area contributed by atoms with E-state index in [0.717, 1.165) is 5.56 Å². The Morgan fingerprint density at radius 3 is 2.41 bits per heavy atom. The Kier molecular flexibility index (Phi) is 7.05. The Morgan fingerprint density at radius 1 is 1.09 bits per heavy atom. The second kappa shape index (κ2) is 9.74. The summed E-state index contributed by atoms with van der Waals surface area (Å²) >= 11 is 0. The van der Waals surface area contributed by atoms with Crippen LogP contribution < -0.4 is 9.47 Å². The summed E-state index contributed by atoms with van der Waals surface area (Å²) in [7, 11) is 2.92. The number of methoxy groups -OCH3 is 2. The monoisotopic (exact) mass is 441 g/mol. The van der Waals surface area contributed by atoms with Crippen LogP contribution in [-0.2, 0) is 14.3 Å². The van der Waals surface area contributed by atoms with Gasteiger partial charge in [0.1, 0.15) is 11.5 Å². The van der Waals surface area contributed by atoms with Crippen LogP contribution in [0.5, 0.6) is 17.2 Å². The van der Waals surface area contributed by atoms with Crippen LogP contribution in [0.2, 0.25) is 0 Å². The molecule has 32 heavy (non-hydrogen) atoms. The predicted molar refractivity (Wildman–Crippen MR) is 118 cm³/mol. The molecular weight excluding hydrogens is 414 g/mol. The number of carbonyl (C=O) groups is 2. The fourth-order valence-electron chi connectivity index (χ4n) is 3.79. The number of amides is 1. The Balaban J connectivity index is 2.16. The summed E-state index contributed by atoms with van der Waals surface area (Å²) in [5.41, 5.74) is 1.57. The van der Waals surface area contributed by atoms with Crippen molar-refractivity contribution in [3.8, 4) is 17.2 Å². The van der Waals surface area contributed by atoms with Crippen molar-refractivity contribution in [2.24, 2.45) is 0 Å². The van der Waals surface area contributed by atoms with Gasteiger partial charge in [-0.3, -0.25) is 9.59 Å². The molecule has 1 amide bonds. The third-order valence-electron chi connectivity index (χ3n) is 5.34. The average molecular weight is 441 g/mol. The van der Waals surface area contributed by atoms with Gasteiger partial charge in [0.25, 0.3) is 11.7 Å². The minimum atomic E-state index is -0.895. The molecule has 170 valence electrons. The SMILES string of the molecule is CCOc1ccc(/C(O)=C2/C(=O)C(=O)N(CCOC)C2c2ccc(OC)c(O)c2)cc1C. The van der Waals surface area contributed by atoms with Crippen molar-refractivity contribution in [3.63, 3.8) is 0 Å². The normalized spacial score (nSPS) is 17.6. The Bertz CT molecular complexity index is 1060. The number of phenols is 1. The van der Waals surface area contributed by atoms with Crippen LogP contribution in [0.1, 0.15) is 29.7 Å². The van der Waals surface area contributed by atoms with Crippen molar-refractivity contribution in [2.75, 3.05) is 34.0 Å². The minimum Gasteiger partial charge on any atom is -0.507 e. The zero-order valence-corrected chi connectivity index (χ0v) is 18.5. The smallest absolute Gasteiger partial charge is 0.295 e. The largest absolute Gasteiger partial charge is 0.507 e. The van der Waals surface area contributed by atoms with Crippen LogP contribution >= 0.6 is 0 Å². The van der Waals surface area contributed by atoms with Crippen LogP contribution in [0.3, 0.4) is 0 Å². The molecule has 0 aliphatic carbocycles. The molecule has 0 spiro atoms. The summed E-state index contributed by atoms with van der Waals surface area (Å²) in [5.74, 6) is -1.06. The number of likely N-dealkylation sites (tertiary alicyclic amines) is 1. The van der Waals surface area contributed by atoms with Crippen molar-refractivity contribution in [1.82, 2.24) is 4.90 Å². The maximum absolute atomic E-state index is 13.0. The van der Waals surface area contributed by atoms with Crippen LogP contribution in [0.4, 0.5) is 0 Å². The molecule has 1 atom stereocenters. The average Bonchev–Trinajstić information content (AvgIpc) is 3.03. The van der Waals surface area contributed by atoms with Gasteiger partial charge in [0.15, 0.2) is 11.5 Å². The molecule has 3 rings (SSSR count). The number of benzene rings is 2.